The molecule has 0 radical (unpaired) electrons. The second kappa shape index (κ2) is 5.13. The average Bonchev–Trinajstić information content (AvgIpc) is 2.10. The zero-order chi connectivity index (χ0) is 10.6. The average molecular weight is 214 g/mol. The highest BCUT2D eigenvalue weighted by molar-refractivity contribution is 6.29. The Morgan fingerprint density at radius 1 is 1.57 bits per heavy atom. The lowest BCUT2D eigenvalue weighted by atomic mass is 10.1. The molecule has 0 atom stereocenters. The Kier molecular flexibility index (Phi) is 4.11. The van der Waals surface area contributed by atoms with Crippen molar-refractivity contribution in [3.8, 4) is 0 Å². The monoisotopic (exact) mass is 213 g/mol. The lowest BCUT2D eigenvalue weighted by Gasteiger charge is -2.04. The third-order valence-corrected chi connectivity index (χ3v) is 2.02. The van der Waals surface area contributed by atoms with Gasteiger partial charge in [-0.25, -0.2) is 4.39 Å². The van der Waals surface area contributed by atoms with Crippen molar-refractivity contribution < 1.29 is 4.39 Å². The van der Waals surface area contributed by atoms with Gasteiger partial charge in [0, 0.05) is 18.1 Å². The maximum atomic E-state index is 13.1. The van der Waals surface area contributed by atoms with Gasteiger partial charge in [0.25, 0.3) is 0 Å². The topological polar surface area (TPSA) is 12.0 Å². The Labute approximate surface area is 88.6 Å². The molecular formula is C11H13ClFN. The molecule has 1 N–H and O–H groups in total. The second-order valence-electron chi connectivity index (χ2n) is 3.20. The number of hydrogen-bond acceptors (Lipinski definition) is 1. The third-order valence-electron chi connectivity index (χ3n) is 1.88. The van der Waals surface area contributed by atoms with E-state index in [1.807, 2.05) is 6.07 Å². The molecule has 0 unspecified atom stereocenters. The fourth-order valence-corrected chi connectivity index (χ4v) is 1.18. The first kappa shape index (κ1) is 11.2. The largest absolute Gasteiger partial charge is 0.308 e. The van der Waals surface area contributed by atoms with Gasteiger partial charge < -0.3 is 5.32 Å². The van der Waals surface area contributed by atoms with Gasteiger partial charge in [0.15, 0.2) is 0 Å². The van der Waals surface area contributed by atoms with Crippen LogP contribution in [0.15, 0.2) is 29.8 Å². The van der Waals surface area contributed by atoms with E-state index < -0.39 is 0 Å². The van der Waals surface area contributed by atoms with Crippen LogP contribution in [0.25, 0.3) is 0 Å². The van der Waals surface area contributed by atoms with E-state index in [4.69, 9.17) is 11.6 Å². The summed E-state index contributed by atoms with van der Waals surface area (Å²) in [6.07, 6.45) is 0. The summed E-state index contributed by atoms with van der Waals surface area (Å²) < 4.78 is 13.1. The molecular weight excluding hydrogens is 201 g/mol. The van der Waals surface area contributed by atoms with E-state index in [1.54, 1.807) is 13.0 Å². The third kappa shape index (κ3) is 3.48. The van der Waals surface area contributed by atoms with Crippen LogP contribution >= 0.6 is 11.6 Å². The molecule has 0 aliphatic carbocycles. The van der Waals surface area contributed by atoms with Gasteiger partial charge in [-0.05, 0) is 24.1 Å². The Morgan fingerprint density at radius 3 is 2.86 bits per heavy atom. The fraction of sp³-hybridized carbons (Fsp3) is 0.273. The van der Waals surface area contributed by atoms with Crippen LogP contribution < -0.4 is 5.32 Å². The van der Waals surface area contributed by atoms with Crippen LogP contribution in [0.3, 0.4) is 0 Å². The SMILES string of the molecule is C=C(Cl)CNCc1ccc(C)c(F)c1. The summed E-state index contributed by atoms with van der Waals surface area (Å²) in [5.41, 5.74) is 1.57. The van der Waals surface area contributed by atoms with Crippen LogP contribution in [-0.4, -0.2) is 6.54 Å². The highest BCUT2D eigenvalue weighted by Gasteiger charge is 1.98. The minimum absolute atomic E-state index is 0.172. The van der Waals surface area contributed by atoms with Crippen molar-refractivity contribution in [3.05, 3.63) is 46.8 Å². The number of hydrogen-bond donors (Lipinski definition) is 1. The first-order valence-electron chi connectivity index (χ1n) is 4.38. The second-order valence-corrected chi connectivity index (χ2v) is 3.74. The Bertz CT molecular complexity index is 336. The van der Waals surface area contributed by atoms with Gasteiger partial charge in [-0.3, -0.25) is 0 Å². The zero-order valence-corrected chi connectivity index (χ0v) is 8.87. The molecule has 1 nitrogen and oxygen atoms in total. The van der Waals surface area contributed by atoms with Crippen molar-refractivity contribution in [2.45, 2.75) is 13.5 Å². The number of aryl methyl sites for hydroxylation is 1. The molecule has 0 fully saturated rings. The first-order valence-corrected chi connectivity index (χ1v) is 4.76. The van der Waals surface area contributed by atoms with Crippen LogP contribution in [0.5, 0.6) is 0 Å². The molecule has 0 aliphatic heterocycles. The number of benzene rings is 1. The summed E-state index contributed by atoms with van der Waals surface area (Å²) in [6.45, 7) is 6.43. The van der Waals surface area contributed by atoms with E-state index in [1.165, 1.54) is 6.07 Å². The predicted molar refractivity (Wildman–Crippen MR) is 57.8 cm³/mol. The molecule has 14 heavy (non-hydrogen) atoms. The van der Waals surface area contributed by atoms with Crippen molar-refractivity contribution in [3.63, 3.8) is 0 Å². The van der Waals surface area contributed by atoms with Gasteiger partial charge in [0.1, 0.15) is 5.82 Å². The molecule has 1 aromatic carbocycles. The highest BCUT2D eigenvalue weighted by atomic mass is 35.5. The minimum Gasteiger partial charge on any atom is -0.308 e. The number of halogens is 2. The molecule has 0 bridgehead atoms. The van der Waals surface area contributed by atoms with E-state index >= 15 is 0 Å². The first-order chi connectivity index (χ1) is 6.59. The van der Waals surface area contributed by atoms with Gasteiger partial charge in [0.2, 0.25) is 0 Å². The molecule has 0 amide bonds. The van der Waals surface area contributed by atoms with Crippen LogP contribution in [-0.2, 0) is 6.54 Å². The van der Waals surface area contributed by atoms with E-state index in [9.17, 15) is 4.39 Å². The molecule has 0 aromatic heterocycles. The van der Waals surface area contributed by atoms with Gasteiger partial charge >= 0.3 is 0 Å². The molecule has 0 spiro atoms. The quantitative estimate of drug-likeness (QED) is 0.811. The fourth-order valence-electron chi connectivity index (χ4n) is 1.09. The summed E-state index contributed by atoms with van der Waals surface area (Å²) in [5, 5.41) is 3.60. The lowest BCUT2D eigenvalue weighted by Crippen LogP contribution is -2.14. The Hall–Kier alpha value is -0.860. The van der Waals surface area contributed by atoms with Crippen molar-refractivity contribution in [1.82, 2.24) is 5.32 Å². The van der Waals surface area contributed by atoms with Crippen LogP contribution in [0.2, 0.25) is 0 Å². The maximum Gasteiger partial charge on any atom is 0.126 e. The van der Waals surface area contributed by atoms with E-state index in [-0.39, 0.29) is 5.82 Å². The summed E-state index contributed by atoms with van der Waals surface area (Å²) in [4.78, 5) is 0. The van der Waals surface area contributed by atoms with Crippen LogP contribution in [0.4, 0.5) is 4.39 Å². The smallest absolute Gasteiger partial charge is 0.126 e. The molecule has 0 aliphatic rings. The molecule has 0 saturated carbocycles. The van der Waals surface area contributed by atoms with E-state index in [0.29, 0.717) is 23.7 Å². The summed E-state index contributed by atoms with van der Waals surface area (Å²) in [6, 6.07) is 5.18. The molecule has 0 saturated heterocycles. The molecule has 1 aromatic rings. The van der Waals surface area contributed by atoms with Gasteiger partial charge in [-0.1, -0.05) is 30.3 Å². The molecule has 76 valence electrons. The van der Waals surface area contributed by atoms with Gasteiger partial charge in [0.05, 0.1) is 0 Å². The molecule has 0 heterocycles. The molecule has 3 heteroatoms. The normalized spacial score (nSPS) is 10.2. The summed E-state index contributed by atoms with van der Waals surface area (Å²) in [7, 11) is 0. The maximum absolute atomic E-state index is 13.1. The van der Waals surface area contributed by atoms with E-state index in [2.05, 4.69) is 11.9 Å². The molecule has 1 rings (SSSR count). The lowest BCUT2D eigenvalue weighted by molar-refractivity contribution is 0.613. The van der Waals surface area contributed by atoms with Crippen LogP contribution in [0, 0.1) is 12.7 Å². The van der Waals surface area contributed by atoms with Crippen LogP contribution in [0.1, 0.15) is 11.1 Å². The highest BCUT2D eigenvalue weighted by Crippen LogP contribution is 2.08. The number of nitrogens with one attached hydrogen (secondary N) is 1. The van der Waals surface area contributed by atoms with E-state index in [0.717, 1.165) is 5.56 Å². The van der Waals surface area contributed by atoms with Crippen molar-refractivity contribution in [2.75, 3.05) is 6.54 Å². The van der Waals surface area contributed by atoms with Gasteiger partial charge in [-0.15, -0.1) is 0 Å². The number of rotatable bonds is 4. The predicted octanol–water partition coefficient (Wildman–Crippen LogP) is 2.98. The standard InChI is InChI=1S/C11H13ClFN/c1-8-3-4-10(5-11(8)13)7-14-6-9(2)12/h3-5,14H,2,6-7H2,1H3. The Balaban J connectivity index is 2.51. The zero-order valence-electron chi connectivity index (χ0n) is 8.11. The van der Waals surface area contributed by atoms with Crippen molar-refractivity contribution in [1.29, 1.82) is 0 Å². The Morgan fingerprint density at radius 2 is 2.29 bits per heavy atom. The minimum atomic E-state index is -0.172. The van der Waals surface area contributed by atoms with Crippen molar-refractivity contribution in [2.24, 2.45) is 0 Å². The summed E-state index contributed by atoms with van der Waals surface area (Å²) >= 11 is 5.57. The van der Waals surface area contributed by atoms with Gasteiger partial charge in [-0.2, -0.15) is 0 Å². The summed E-state index contributed by atoms with van der Waals surface area (Å²) in [5.74, 6) is -0.172. The van der Waals surface area contributed by atoms with Crippen molar-refractivity contribution >= 4 is 11.6 Å².